The molecule has 0 aliphatic heterocycles. The third kappa shape index (κ3) is 5.14. The molecule has 0 atom stereocenters. The SMILES string of the molecule is O=C(O)CNc1nc(F)c(Cl)c(Oc2ccc(O)c(-c3cccc(C(F)(F)F)c3)c2)c1Cl. The maximum atomic E-state index is 14.1. The van der Waals surface area contributed by atoms with Crippen molar-refractivity contribution in [2.45, 2.75) is 6.18 Å². The second-order valence-electron chi connectivity index (χ2n) is 6.32. The first-order valence-corrected chi connectivity index (χ1v) is 9.41. The van der Waals surface area contributed by atoms with Gasteiger partial charge in [-0.05, 0) is 35.9 Å². The normalized spacial score (nSPS) is 11.3. The molecule has 1 aromatic heterocycles. The summed E-state index contributed by atoms with van der Waals surface area (Å²) in [7, 11) is 0. The molecule has 0 amide bonds. The first-order valence-electron chi connectivity index (χ1n) is 8.66. The number of hydrogen-bond donors (Lipinski definition) is 3. The lowest BCUT2D eigenvalue weighted by Gasteiger charge is -2.15. The van der Waals surface area contributed by atoms with Gasteiger partial charge in [-0.3, -0.25) is 4.79 Å². The number of alkyl halides is 3. The van der Waals surface area contributed by atoms with Gasteiger partial charge in [-0.15, -0.1) is 0 Å². The molecule has 12 heteroatoms. The molecular formula is C20H12Cl2F4N2O4. The van der Waals surface area contributed by atoms with Gasteiger partial charge in [0.2, 0.25) is 5.95 Å². The highest BCUT2D eigenvalue weighted by atomic mass is 35.5. The summed E-state index contributed by atoms with van der Waals surface area (Å²) in [6.07, 6.45) is -4.59. The zero-order valence-corrected chi connectivity index (χ0v) is 17.2. The summed E-state index contributed by atoms with van der Waals surface area (Å²) in [4.78, 5) is 14.2. The van der Waals surface area contributed by atoms with Crippen LogP contribution in [0.25, 0.3) is 11.1 Å². The largest absolute Gasteiger partial charge is 0.507 e. The molecule has 6 nitrogen and oxygen atoms in total. The average Bonchev–Trinajstić information content (AvgIpc) is 2.73. The molecule has 3 N–H and O–H groups in total. The first-order chi connectivity index (χ1) is 15.0. The molecule has 2 aromatic carbocycles. The quantitative estimate of drug-likeness (QED) is 0.281. The van der Waals surface area contributed by atoms with E-state index >= 15 is 0 Å². The fraction of sp³-hybridized carbons (Fsp3) is 0.100. The average molecular weight is 491 g/mol. The maximum absolute atomic E-state index is 14.1. The van der Waals surface area contributed by atoms with E-state index in [0.717, 1.165) is 18.2 Å². The molecule has 0 bridgehead atoms. The van der Waals surface area contributed by atoms with Gasteiger partial charge in [0, 0.05) is 5.56 Å². The third-order valence-electron chi connectivity index (χ3n) is 4.09. The van der Waals surface area contributed by atoms with Gasteiger partial charge in [0.25, 0.3) is 0 Å². The van der Waals surface area contributed by atoms with E-state index < -0.39 is 41.0 Å². The molecule has 168 valence electrons. The molecule has 0 unspecified atom stereocenters. The Bertz CT molecular complexity index is 1190. The first kappa shape index (κ1) is 23.4. The van der Waals surface area contributed by atoms with Crippen LogP contribution >= 0.6 is 23.2 Å². The van der Waals surface area contributed by atoms with Crippen molar-refractivity contribution in [2.75, 3.05) is 11.9 Å². The van der Waals surface area contributed by atoms with Gasteiger partial charge in [-0.2, -0.15) is 22.5 Å². The molecule has 0 spiro atoms. The summed E-state index contributed by atoms with van der Waals surface area (Å²) in [6.45, 7) is -0.619. The van der Waals surface area contributed by atoms with Crippen molar-refractivity contribution in [3.63, 3.8) is 0 Å². The Morgan fingerprint density at radius 2 is 1.84 bits per heavy atom. The minimum atomic E-state index is -4.59. The summed E-state index contributed by atoms with van der Waals surface area (Å²) in [5.41, 5.74) is -0.874. The minimum Gasteiger partial charge on any atom is -0.507 e. The summed E-state index contributed by atoms with van der Waals surface area (Å²) in [5, 5.41) is 20.3. The molecule has 3 rings (SSSR count). The molecular weight excluding hydrogens is 479 g/mol. The summed E-state index contributed by atoms with van der Waals surface area (Å²) < 4.78 is 58.7. The van der Waals surface area contributed by atoms with Crippen LogP contribution < -0.4 is 10.1 Å². The van der Waals surface area contributed by atoms with Gasteiger partial charge in [0.05, 0.1) is 5.56 Å². The van der Waals surface area contributed by atoms with Crippen LogP contribution in [-0.2, 0) is 11.0 Å². The summed E-state index contributed by atoms with van der Waals surface area (Å²) in [5.74, 6) is -3.59. The van der Waals surface area contributed by atoms with Crippen LogP contribution in [0.4, 0.5) is 23.4 Å². The topological polar surface area (TPSA) is 91.7 Å². The van der Waals surface area contributed by atoms with Crippen molar-refractivity contribution >= 4 is 35.0 Å². The fourth-order valence-corrected chi connectivity index (χ4v) is 3.12. The number of carboxylic acid groups (broad SMARTS) is 1. The van der Waals surface area contributed by atoms with Gasteiger partial charge < -0.3 is 20.3 Å². The number of aromatic nitrogens is 1. The molecule has 0 fully saturated rings. The molecule has 32 heavy (non-hydrogen) atoms. The van der Waals surface area contributed by atoms with Crippen LogP contribution in [0.1, 0.15) is 5.56 Å². The van der Waals surface area contributed by atoms with Gasteiger partial charge in [0.15, 0.2) is 11.6 Å². The Kier molecular flexibility index (Phi) is 6.65. The lowest BCUT2D eigenvalue weighted by Crippen LogP contribution is -2.14. The van der Waals surface area contributed by atoms with E-state index in [-0.39, 0.29) is 33.5 Å². The minimum absolute atomic E-state index is 0.000372. The van der Waals surface area contributed by atoms with Crippen LogP contribution in [0.15, 0.2) is 42.5 Å². The zero-order valence-electron chi connectivity index (χ0n) is 15.7. The molecule has 0 saturated carbocycles. The van der Waals surface area contributed by atoms with Crippen LogP contribution in [0.3, 0.4) is 0 Å². The molecule has 0 radical (unpaired) electrons. The smallest absolute Gasteiger partial charge is 0.416 e. The maximum Gasteiger partial charge on any atom is 0.416 e. The number of pyridine rings is 1. The van der Waals surface area contributed by atoms with Gasteiger partial charge >= 0.3 is 12.1 Å². The number of phenolic OH excluding ortho intramolecular Hbond substituents is 1. The Hall–Kier alpha value is -3.24. The molecule has 0 aliphatic rings. The van der Waals surface area contributed by atoms with E-state index in [1.54, 1.807) is 0 Å². The summed E-state index contributed by atoms with van der Waals surface area (Å²) in [6, 6.07) is 7.88. The highest BCUT2D eigenvalue weighted by molar-refractivity contribution is 6.38. The van der Waals surface area contributed by atoms with Gasteiger partial charge in [0.1, 0.15) is 28.1 Å². The number of aromatic hydroxyl groups is 1. The van der Waals surface area contributed by atoms with E-state index in [1.165, 1.54) is 24.3 Å². The van der Waals surface area contributed by atoms with Gasteiger partial charge in [-0.1, -0.05) is 35.3 Å². The fourth-order valence-electron chi connectivity index (χ4n) is 2.65. The van der Waals surface area contributed by atoms with Crippen LogP contribution in [0, 0.1) is 5.95 Å². The van der Waals surface area contributed by atoms with Crippen molar-refractivity contribution in [1.29, 1.82) is 0 Å². The van der Waals surface area contributed by atoms with Crippen molar-refractivity contribution in [3.8, 4) is 28.4 Å². The number of hydrogen-bond acceptors (Lipinski definition) is 5. The lowest BCUT2D eigenvalue weighted by atomic mass is 10.0. The number of carboxylic acids is 1. The number of halogens is 6. The number of phenols is 1. The lowest BCUT2D eigenvalue weighted by molar-refractivity contribution is -0.137. The van der Waals surface area contributed by atoms with E-state index in [0.29, 0.717) is 0 Å². The predicted molar refractivity (Wildman–Crippen MR) is 109 cm³/mol. The van der Waals surface area contributed by atoms with Crippen molar-refractivity contribution in [3.05, 3.63) is 64.0 Å². The van der Waals surface area contributed by atoms with Crippen molar-refractivity contribution < 1.29 is 37.3 Å². The van der Waals surface area contributed by atoms with E-state index in [4.69, 9.17) is 33.0 Å². The second-order valence-corrected chi connectivity index (χ2v) is 7.07. The number of aliphatic carboxylic acids is 1. The number of nitrogens with zero attached hydrogens (tertiary/aromatic N) is 1. The molecule has 3 aromatic rings. The zero-order chi connectivity index (χ0) is 23.6. The van der Waals surface area contributed by atoms with Crippen molar-refractivity contribution in [1.82, 2.24) is 4.98 Å². The van der Waals surface area contributed by atoms with Crippen LogP contribution in [0.2, 0.25) is 10.0 Å². The Morgan fingerprint density at radius 1 is 1.12 bits per heavy atom. The predicted octanol–water partition coefficient (Wildman–Crippen LogP) is 6.21. The standard InChI is InChI=1S/C20H12Cl2F4N2O4/c21-15-17(16(22)19(28-18(15)23)27-8-14(30)31)32-11-4-5-13(29)12(7-11)9-2-1-3-10(6-9)20(24,25)26/h1-7,29H,8H2,(H,27,28)(H,30,31). The Balaban J connectivity index is 2.01. The molecule has 0 aliphatic carbocycles. The monoisotopic (exact) mass is 490 g/mol. The van der Waals surface area contributed by atoms with Crippen molar-refractivity contribution in [2.24, 2.45) is 0 Å². The highest BCUT2D eigenvalue weighted by Gasteiger charge is 2.30. The number of anilines is 1. The number of nitrogens with one attached hydrogen (secondary N) is 1. The number of ether oxygens (including phenoxy) is 1. The summed E-state index contributed by atoms with van der Waals surface area (Å²) >= 11 is 12.0. The van der Waals surface area contributed by atoms with E-state index in [2.05, 4.69) is 10.3 Å². The van der Waals surface area contributed by atoms with Crippen LogP contribution in [-0.4, -0.2) is 27.7 Å². The van der Waals surface area contributed by atoms with E-state index in [1.807, 2.05) is 0 Å². The molecule has 1 heterocycles. The number of benzene rings is 2. The Morgan fingerprint density at radius 3 is 2.50 bits per heavy atom. The number of rotatable bonds is 6. The highest BCUT2D eigenvalue weighted by Crippen LogP contribution is 2.43. The Labute approximate surface area is 188 Å². The number of carbonyl (C=O) groups is 1. The molecule has 0 saturated heterocycles. The van der Waals surface area contributed by atoms with Crippen LogP contribution in [0.5, 0.6) is 17.2 Å². The third-order valence-corrected chi connectivity index (χ3v) is 4.77. The second kappa shape index (κ2) is 9.09. The van der Waals surface area contributed by atoms with Gasteiger partial charge in [-0.25, -0.2) is 0 Å². The van der Waals surface area contributed by atoms with E-state index in [9.17, 15) is 27.5 Å².